The molecule has 0 bridgehead atoms. The highest BCUT2D eigenvalue weighted by Gasteiger charge is 2.30. The van der Waals surface area contributed by atoms with Gasteiger partial charge in [0.1, 0.15) is 6.54 Å². The first kappa shape index (κ1) is 14.1. The lowest BCUT2D eigenvalue weighted by Crippen LogP contribution is -2.33. The van der Waals surface area contributed by atoms with Crippen molar-refractivity contribution >= 4 is 17.2 Å². The fraction of sp³-hybridized carbons (Fsp3) is 0.500. The molecule has 0 saturated heterocycles. The first-order chi connectivity index (χ1) is 10.2. The van der Waals surface area contributed by atoms with E-state index in [1.165, 1.54) is 4.68 Å². The maximum Gasteiger partial charge on any atom is 0.346 e. The van der Waals surface area contributed by atoms with Gasteiger partial charge in [0, 0.05) is 12.6 Å². The van der Waals surface area contributed by atoms with Crippen LogP contribution >= 0.6 is 11.3 Å². The molecular formula is C14H18N4O2S. The maximum atomic E-state index is 12.5. The van der Waals surface area contributed by atoms with E-state index in [9.17, 15) is 9.59 Å². The Bertz CT molecular complexity index is 682. The van der Waals surface area contributed by atoms with E-state index in [-0.39, 0.29) is 24.2 Å². The largest absolute Gasteiger partial charge is 0.355 e. The molecule has 1 aliphatic carbocycles. The number of hydrogen-bond acceptors (Lipinski definition) is 4. The molecule has 21 heavy (non-hydrogen) atoms. The summed E-state index contributed by atoms with van der Waals surface area (Å²) in [6.45, 7) is 2.59. The van der Waals surface area contributed by atoms with Crippen LogP contribution in [0.4, 0.5) is 0 Å². The maximum absolute atomic E-state index is 12.5. The molecule has 1 amide bonds. The summed E-state index contributed by atoms with van der Waals surface area (Å²) in [7, 11) is 0. The Kier molecular flexibility index (Phi) is 3.92. The van der Waals surface area contributed by atoms with Gasteiger partial charge in [-0.2, -0.15) is 0 Å². The van der Waals surface area contributed by atoms with E-state index in [1.54, 1.807) is 15.9 Å². The lowest BCUT2D eigenvalue weighted by Gasteiger charge is -2.02. The minimum Gasteiger partial charge on any atom is -0.355 e. The highest BCUT2D eigenvalue weighted by Crippen LogP contribution is 2.37. The molecule has 1 N–H and O–H groups in total. The Morgan fingerprint density at radius 1 is 1.52 bits per heavy atom. The van der Waals surface area contributed by atoms with Crippen molar-refractivity contribution < 1.29 is 4.79 Å². The SMILES string of the molecule is CCCNC(=O)Cn1nc(-c2cccs2)n(C2CC2)c1=O. The highest BCUT2D eigenvalue weighted by molar-refractivity contribution is 7.13. The molecule has 3 rings (SSSR count). The molecular weight excluding hydrogens is 288 g/mol. The first-order valence-corrected chi connectivity index (χ1v) is 8.08. The monoisotopic (exact) mass is 306 g/mol. The van der Waals surface area contributed by atoms with Crippen LogP contribution < -0.4 is 11.0 Å². The van der Waals surface area contributed by atoms with E-state index in [2.05, 4.69) is 10.4 Å². The summed E-state index contributed by atoms with van der Waals surface area (Å²) < 4.78 is 3.01. The van der Waals surface area contributed by atoms with Crippen LogP contribution in [0.1, 0.15) is 32.2 Å². The summed E-state index contributed by atoms with van der Waals surface area (Å²) in [4.78, 5) is 25.2. The average Bonchev–Trinajstić information content (AvgIpc) is 3.05. The molecule has 2 heterocycles. The van der Waals surface area contributed by atoms with Crippen LogP contribution in [-0.4, -0.2) is 26.8 Å². The summed E-state index contributed by atoms with van der Waals surface area (Å²) in [6, 6.07) is 4.13. The number of nitrogens with one attached hydrogen (secondary N) is 1. The number of carbonyl (C=O) groups excluding carboxylic acids is 1. The number of aromatic nitrogens is 3. The second-order valence-corrected chi connectivity index (χ2v) is 6.14. The van der Waals surface area contributed by atoms with Crippen LogP contribution in [0.5, 0.6) is 0 Å². The number of nitrogens with zero attached hydrogens (tertiary/aromatic N) is 3. The van der Waals surface area contributed by atoms with E-state index in [0.717, 1.165) is 24.1 Å². The second-order valence-electron chi connectivity index (χ2n) is 5.19. The van der Waals surface area contributed by atoms with Gasteiger partial charge >= 0.3 is 5.69 Å². The van der Waals surface area contributed by atoms with Crippen molar-refractivity contribution in [3.8, 4) is 10.7 Å². The Hall–Kier alpha value is -1.89. The van der Waals surface area contributed by atoms with E-state index in [0.29, 0.717) is 12.4 Å². The molecule has 2 aromatic rings. The van der Waals surface area contributed by atoms with Crippen molar-refractivity contribution in [3.05, 3.63) is 28.0 Å². The van der Waals surface area contributed by atoms with Crippen LogP contribution in [0.2, 0.25) is 0 Å². The van der Waals surface area contributed by atoms with Gasteiger partial charge in [0.25, 0.3) is 0 Å². The summed E-state index contributed by atoms with van der Waals surface area (Å²) in [6.07, 6.45) is 2.88. The number of thiophene rings is 1. The van der Waals surface area contributed by atoms with E-state index >= 15 is 0 Å². The van der Waals surface area contributed by atoms with E-state index in [4.69, 9.17) is 0 Å². The van der Waals surface area contributed by atoms with Crippen molar-refractivity contribution in [1.82, 2.24) is 19.7 Å². The van der Waals surface area contributed by atoms with Crippen molar-refractivity contribution in [2.45, 2.75) is 38.8 Å². The molecule has 0 aliphatic heterocycles. The number of carbonyl (C=O) groups is 1. The van der Waals surface area contributed by atoms with Crippen molar-refractivity contribution in [2.75, 3.05) is 6.54 Å². The highest BCUT2D eigenvalue weighted by atomic mass is 32.1. The Morgan fingerprint density at radius 3 is 2.95 bits per heavy atom. The lowest BCUT2D eigenvalue weighted by molar-refractivity contribution is -0.121. The third kappa shape index (κ3) is 2.92. The second kappa shape index (κ2) is 5.85. The molecule has 1 fully saturated rings. The third-order valence-electron chi connectivity index (χ3n) is 3.39. The lowest BCUT2D eigenvalue weighted by atomic mass is 10.4. The Labute approximate surface area is 126 Å². The zero-order valence-corrected chi connectivity index (χ0v) is 12.7. The quantitative estimate of drug-likeness (QED) is 0.882. The molecule has 1 aliphatic rings. The fourth-order valence-corrected chi connectivity index (χ4v) is 2.92. The Balaban J connectivity index is 1.90. The van der Waals surface area contributed by atoms with Gasteiger partial charge in [-0.1, -0.05) is 13.0 Å². The molecule has 0 atom stereocenters. The van der Waals surface area contributed by atoms with Crippen molar-refractivity contribution in [3.63, 3.8) is 0 Å². The van der Waals surface area contributed by atoms with E-state index < -0.39 is 0 Å². The van der Waals surface area contributed by atoms with Gasteiger partial charge in [-0.15, -0.1) is 16.4 Å². The molecule has 2 aromatic heterocycles. The van der Waals surface area contributed by atoms with Crippen LogP contribution in [-0.2, 0) is 11.3 Å². The summed E-state index contributed by atoms with van der Waals surface area (Å²) in [5, 5.41) is 9.11. The molecule has 0 radical (unpaired) electrons. The van der Waals surface area contributed by atoms with Crippen LogP contribution in [0.25, 0.3) is 10.7 Å². The molecule has 0 aromatic carbocycles. The Morgan fingerprint density at radius 2 is 2.33 bits per heavy atom. The van der Waals surface area contributed by atoms with Gasteiger partial charge in [-0.25, -0.2) is 9.48 Å². The third-order valence-corrected chi connectivity index (χ3v) is 4.26. The summed E-state index contributed by atoms with van der Waals surface area (Å²) in [5.41, 5.74) is -0.187. The number of hydrogen-bond donors (Lipinski definition) is 1. The van der Waals surface area contributed by atoms with Crippen LogP contribution in [0, 0.1) is 0 Å². The zero-order chi connectivity index (χ0) is 14.8. The fourth-order valence-electron chi connectivity index (χ4n) is 2.22. The summed E-state index contributed by atoms with van der Waals surface area (Å²) >= 11 is 1.55. The zero-order valence-electron chi connectivity index (χ0n) is 11.9. The number of rotatable bonds is 6. The first-order valence-electron chi connectivity index (χ1n) is 7.20. The predicted octanol–water partition coefficient (Wildman–Crippen LogP) is 1.63. The van der Waals surface area contributed by atoms with Gasteiger partial charge < -0.3 is 5.32 Å². The van der Waals surface area contributed by atoms with Crippen molar-refractivity contribution in [2.24, 2.45) is 0 Å². The van der Waals surface area contributed by atoms with Gasteiger partial charge in [0.15, 0.2) is 5.82 Å². The van der Waals surface area contributed by atoms with Gasteiger partial charge in [0.2, 0.25) is 5.91 Å². The number of amides is 1. The minimum absolute atomic E-state index is 0.0169. The van der Waals surface area contributed by atoms with Gasteiger partial charge in [-0.05, 0) is 30.7 Å². The summed E-state index contributed by atoms with van der Waals surface area (Å²) in [5.74, 6) is 0.512. The molecule has 0 spiro atoms. The van der Waals surface area contributed by atoms with Gasteiger partial charge in [-0.3, -0.25) is 9.36 Å². The van der Waals surface area contributed by atoms with Gasteiger partial charge in [0.05, 0.1) is 4.88 Å². The van der Waals surface area contributed by atoms with Crippen molar-refractivity contribution in [1.29, 1.82) is 0 Å². The molecule has 7 heteroatoms. The topological polar surface area (TPSA) is 68.9 Å². The standard InChI is InChI=1S/C14H18N4O2S/c1-2-7-15-12(19)9-17-14(20)18(10-5-6-10)13(16-17)11-4-3-8-21-11/h3-4,8,10H,2,5-7,9H2,1H3,(H,15,19). The smallest absolute Gasteiger partial charge is 0.346 e. The normalized spacial score (nSPS) is 14.3. The predicted molar refractivity (Wildman–Crippen MR) is 81.4 cm³/mol. The minimum atomic E-state index is -0.187. The molecule has 1 saturated carbocycles. The molecule has 0 unspecified atom stereocenters. The van der Waals surface area contributed by atoms with Crippen LogP contribution in [0.3, 0.4) is 0 Å². The molecule has 6 nitrogen and oxygen atoms in total. The van der Waals surface area contributed by atoms with Crippen LogP contribution in [0.15, 0.2) is 22.3 Å². The average molecular weight is 306 g/mol. The van der Waals surface area contributed by atoms with E-state index in [1.807, 2.05) is 24.4 Å². The molecule has 112 valence electrons.